The molecule has 0 aromatic heterocycles. The van der Waals surface area contributed by atoms with Gasteiger partial charge in [0.05, 0.1) is 6.54 Å². The van der Waals surface area contributed by atoms with E-state index >= 15 is 0 Å². The van der Waals surface area contributed by atoms with Gasteiger partial charge in [-0.25, -0.2) is 0 Å². The molecule has 9 heteroatoms. The number of ether oxygens (including phenoxy) is 1. The van der Waals surface area contributed by atoms with Crippen LogP contribution >= 0.6 is 24.0 Å². The summed E-state index contributed by atoms with van der Waals surface area (Å²) in [7, 11) is 3.36. The molecule has 1 atom stereocenters. The summed E-state index contributed by atoms with van der Waals surface area (Å²) in [6.45, 7) is 1.59. The molecular weight excluding hydrogens is 424 g/mol. The highest BCUT2D eigenvalue weighted by Crippen LogP contribution is 2.19. The molecule has 0 saturated carbocycles. The van der Waals surface area contributed by atoms with E-state index < -0.39 is 12.7 Å². The first-order valence-corrected chi connectivity index (χ1v) is 7.70. The van der Waals surface area contributed by atoms with Gasteiger partial charge in [0.15, 0.2) is 5.96 Å². The fraction of sp³-hybridized carbons (Fsp3) is 0.929. The summed E-state index contributed by atoms with van der Waals surface area (Å²) in [5, 5.41) is 6.38. The van der Waals surface area contributed by atoms with Gasteiger partial charge in [-0.3, -0.25) is 9.89 Å². The Labute approximate surface area is 153 Å². The molecule has 0 amide bonds. The van der Waals surface area contributed by atoms with Gasteiger partial charge in [-0.05, 0) is 25.7 Å². The number of hydrogen-bond donors (Lipinski definition) is 2. The van der Waals surface area contributed by atoms with Crippen molar-refractivity contribution in [2.45, 2.75) is 37.9 Å². The first-order valence-electron chi connectivity index (χ1n) is 7.70. The standard InChI is InChI=1S/C14H27F3N4O.HI/c1-18-13(19-7-4-3-5-9-22-2)20-12-6-8-21(10-12)11-14(15,16)17;/h12H,3-11H2,1-2H3,(H2,18,19,20);1H. The number of unbranched alkanes of at least 4 members (excludes halogenated alkanes) is 2. The Bertz CT molecular complexity index is 342. The molecule has 1 unspecified atom stereocenters. The lowest BCUT2D eigenvalue weighted by Crippen LogP contribution is -2.45. The fourth-order valence-electron chi connectivity index (χ4n) is 2.49. The topological polar surface area (TPSA) is 48.9 Å². The third-order valence-corrected chi connectivity index (χ3v) is 3.56. The van der Waals surface area contributed by atoms with E-state index in [9.17, 15) is 13.2 Å². The number of guanidine groups is 1. The number of methoxy groups -OCH3 is 1. The Balaban J connectivity index is 0.00000484. The van der Waals surface area contributed by atoms with Gasteiger partial charge >= 0.3 is 6.18 Å². The van der Waals surface area contributed by atoms with Crippen LogP contribution in [0.4, 0.5) is 13.2 Å². The van der Waals surface area contributed by atoms with Crippen molar-refractivity contribution in [2.75, 3.05) is 46.9 Å². The number of aliphatic imine (C=N–C) groups is 1. The minimum Gasteiger partial charge on any atom is -0.385 e. The summed E-state index contributed by atoms with van der Waals surface area (Å²) >= 11 is 0. The molecule has 1 aliphatic rings. The van der Waals surface area contributed by atoms with Crippen molar-refractivity contribution < 1.29 is 17.9 Å². The first-order chi connectivity index (χ1) is 10.4. The number of halogens is 4. The Kier molecular flexibility index (Phi) is 12.0. The van der Waals surface area contributed by atoms with Crippen molar-refractivity contribution in [3.63, 3.8) is 0 Å². The van der Waals surface area contributed by atoms with E-state index in [0.29, 0.717) is 25.5 Å². The van der Waals surface area contributed by atoms with Crippen LogP contribution in [0.3, 0.4) is 0 Å². The molecule has 0 aliphatic carbocycles. The van der Waals surface area contributed by atoms with Crippen molar-refractivity contribution in [3.05, 3.63) is 0 Å². The molecule has 1 heterocycles. The summed E-state index contributed by atoms with van der Waals surface area (Å²) in [5.74, 6) is 0.658. The van der Waals surface area contributed by atoms with Gasteiger partial charge in [-0.2, -0.15) is 13.2 Å². The molecule has 0 aromatic carbocycles. The van der Waals surface area contributed by atoms with Gasteiger partial charge in [0.25, 0.3) is 0 Å². The van der Waals surface area contributed by atoms with Crippen LogP contribution in [0, 0.1) is 0 Å². The summed E-state index contributed by atoms with van der Waals surface area (Å²) in [5.41, 5.74) is 0. The summed E-state index contributed by atoms with van der Waals surface area (Å²) in [4.78, 5) is 5.54. The number of likely N-dealkylation sites (tertiary alicyclic amines) is 1. The molecule has 0 aromatic rings. The van der Waals surface area contributed by atoms with Crippen LogP contribution in [0.1, 0.15) is 25.7 Å². The average molecular weight is 452 g/mol. The SMILES string of the molecule is CN=C(NCCCCCOC)NC1CCN(CC(F)(F)F)C1.I. The van der Waals surface area contributed by atoms with E-state index in [1.54, 1.807) is 14.2 Å². The van der Waals surface area contributed by atoms with Crippen LogP contribution in [0.2, 0.25) is 0 Å². The molecule has 138 valence electrons. The largest absolute Gasteiger partial charge is 0.401 e. The molecule has 1 fully saturated rings. The molecule has 1 rings (SSSR count). The highest BCUT2D eigenvalue weighted by atomic mass is 127. The quantitative estimate of drug-likeness (QED) is 0.257. The maximum atomic E-state index is 12.4. The maximum Gasteiger partial charge on any atom is 0.401 e. The zero-order valence-corrected chi connectivity index (χ0v) is 16.1. The van der Waals surface area contributed by atoms with Crippen molar-refractivity contribution in [1.29, 1.82) is 0 Å². The van der Waals surface area contributed by atoms with Gasteiger partial charge in [0.2, 0.25) is 0 Å². The molecule has 0 spiro atoms. The third kappa shape index (κ3) is 11.0. The van der Waals surface area contributed by atoms with E-state index in [1.807, 2.05) is 0 Å². The molecule has 0 radical (unpaired) electrons. The van der Waals surface area contributed by atoms with Gasteiger partial charge in [-0.15, -0.1) is 24.0 Å². The molecule has 23 heavy (non-hydrogen) atoms. The van der Waals surface area contributed by atoms with Gasteiger partial charge < -0.3 is 15.4 Å². The number of nitrogens with one attached hydrogen (secondary N) is 2. The molecule has 1 aliphatic heterocycles. The van der Waals surface area contributed by atoms with Crippen molar-refractivity contribution >= 4 is 29.9 Å². The molecular formula is C14H28F3IN4O. The van der Waals surface area contributed by atoms with Crippen LogP contribution in [0.15, 0.2) is 4.99 Å². The Morgan fingerprint density at radius 2 is 2.04 bits per heavy atom. The average Bonchev–Trinajstić information content (AvgIpc) is 2.86. The predicted octanol–water partition coefficient (Wildman–Crippen LogP) is 2.22. The second-order valence-corrected chi connectivity index (χ2v) is 5.53. The van der Waals surface area contributed by atoms with Gasteiger partial charge in [0.1, 0.15) is 0 Å². The van der Waals surface area contributed by atoms with Crippen LogP contribution in [0.5, 0.6) is 0 Å². The van der Waals surface area contributed by atoms with E-state index in [2.05, 4.69) is 15.6 Å². The number of hydrogen-bond acceptors (Lipinski definition) is 3. The van der Waals surface area contributed by atoms with E-state index in [4.69, 9.17) is 4.74 Å². The van der Waals surface area contributed by atoms with E-state index in [0.717, 1.165) is 32.4 Å². The molecule has 2 N–H and O–H groups in total. The minimum atomic E-state index is -4.13. The predicted molar refractivity (Wildman–Crippen MR) is 96.5 cm³/mol. The highest BCUT2D eigenvalue weighted by Gasteiger charge is 2.34. The second kappa shape index (κ2) is 12.1. The Hall–Kier alpha value is -0.290. The van der Waals surface area contributed by atoms with Crippen molar-refractivity contribution in [1.82, 2.24) is 15.5 Å². The summed E-state index contributed by atoms with van der Waals surface area (Å²) < 4.78 is 42.0. The van der Waals surface area contributed by atoms with Crippen LogP contribution in [-0.4, -0.2) is 70.0 Å². The maximum absolute atomic E-state index is 12.4. The van der Waals surface area contributed by atoms with Crippen molar-refractivity contribution in [3.8, 4) is 0 Å². The number of alkyl halides is 3. The Morgan fingerprint density at radius 3 is 2.65 bits per heavy atom. The van der Waals surface area contributed by atoms with Crippen molar-refractivity contribution in [2.24, 2.45) is 4.99 Å². The van der Waals surface area contributed by atoms with Crippen LogP contribution in [-0.2, 0) is 4.74 Å². The summed E-state index contributed by atoms with van der Waals surface area (Å²) in [6, 6.07) is 0.0158. The van der Waals surface area contributed by atoms with Gasteiger partial charge in [-0.1, -0.05) is 0 Å². The normalized spacial score (nSPS) is 19.5. The lowest BCUT2D eigenvalue weighted by atomic mass is 10.2. The number of nitrogens with zero attached hydrogens (tertiary/aromatic N) is 2. The zero-order valence-electron chi connectivity index (χ0n) is 13.8. The van der Waals surface area contributed by atoms with Gasteiger partial charge in [0, 0.05) is 46.4 Å². The van der Waals surface area contributed by atoms with Crippen LogP contribution < -0.4 is 10.6 Å². The third-order valence-electron chi connectivity index (χ3n) is 3.56. The second-order valence-electron chi connectivity index (χ2n) is 5.53. The first kappa shape index (κ1) is 22.7. The monoisotopic (exact) mass is 452 g/mol. The fourth-order valence-corrected chi connectivity index (χ4v) is 2.49. The minimum absolute atomic E-state index is 0. The lowest BCUT2D eigenvalue weighted by Gasteiger charge is -2.19. The lowest BCUT2D eigenvalue weighted by molar-refractivity contribution is -0.143. The molecule has 1 saturated heterocycles. The smallest absolute Gasteiger partial charge is 0.385 e. The summed E-state index contributed by atoms with van der Waals surface area (Å²) in [6.07, 6.45) is -0.323. The van der Waals surface area contributed by atoms with E-state index in [1.165, 1.54) is 4.90 Å². The Morgan fingerprint density at radius 1 is 1.30 bits per heavy atom. The molecule has 0 bridgehead atoms. The highest BCUT2D eigenvalue weighted by molar-refractivity contribution is 14.0. The van der Waals surface area contributed by atoms with Crippen LogP contribution in [0.25, 0.3) is 0 Å². The number of rotatable bonds is 8. The molecule has 5 nitrogen and oxygen atoms in total. The zero-order chi connectivity index (χ0) is 16.4. The van der Waals surface area contributed by atoms with E-state index in [-0.39, 0.29) is 30.0 Å².